The van der Waals surface area contributed by atoms with E-state index >= 15 is 0 Å². The summed E-state index contributed by atoms with van der Waals surface area (Å²) < 4.78 is 10.6. The van der Waals surface area contributed by atoms with E-state index in [4.69, 9.17) is 15.2 Å². The number of ether oxygens (including phenoxy) is 2. The first kappa shape index (κ1) is 19.1. The first-order valence-electron chi connectivity index (χ1n) is 8.60. The Bertz CT molecular complexity index is 606. The van der Waals surface area contributed by atoms with Gasteiger partial charge in [0, 0.05) is 32.1 Å². The molecule has 0 aromatic heterocycles. The molecule has 0 saturated carbocycles. The van der Waals surface area contributed by atoms with Gasteiger partial charge in [-0.3, -0.25) is 9.59 Å². The van der Waals surface area contributed by atoms with Crippen molar-refractivity contribution in [2.75, 3.05) is 33.9 Å². The summed E-state index contributed by atoms with van der Waals surface area (Å²) in [5.74, 6) is 0.934. The maximum Gasteiger partial charge on any atom is 0.258 e. The number of nitrogens with two attached hydrogens (primary N) is 1. The molecule has 0 aliphatic carbocycles. The van der Waals surface area contributed by atoms with Crippen LogP contribution in [0.15, 0.2) is 18.2 Å². The summed E-state index contributed by atoms with van der Waals surface area (Å²) in [6.45, 7) is 1.42. The number of rotatable bonds is 7. The molecule has 2 rings (SSSR count). The average Bonchev–Trinajstić information content (AvgIpc) is 2.65. The normalized spacial score (nSPS) is 17.1. The van der Waals surface area contributed by atoms with Crippen molar-refractivity contribution in [3.8, 4) is 11.5 Å². The second-order valence-electron chi connectivity index (χ2n) is 6.06. The van der Waals surface area contributed by atoms with Gasteiger partial charge >= 0.3 is 0 Å². The van der Waals surface area contributed by atoms with Gasteiger partial charge in [0.15, 0.2) is 0 Å². The number of nitrogens with one attached hydrogen (secondary N) is 1. The topological polar surface area (TPSA) is 93.9 Å². The molecule has 1 aliphatic rings. The van der Waals surface area contributed by atoms with Crippen molar-refractivity contribution in [2.45, 2.75) is 31.7 Å². The molecule has 1 saturated heterocycles. The number of amides is 2. The molecular formula is C18H27N3O4. The molecule has 1 aromatic rings. The van der Waals surface area contributed by atoms with Crippen molar-refractivity contribution in [3.63, 3.8) is 0 Å². The van der Waals surface area contributed by atoms with Gasteiger partial charge in [-0.15, -0.1) is 0 Å². The number of hydrogen-bond donors (Lipinski definition) is 2. The molecule has 0 radical (unpaired) electrons. The minimum atomic E-state index is -0.103. The fraction of sp³-hybridized carbons (Fsp3) is 0.556. The molecule has 1 heterocycles. The Kier molecular flexibility index (Phi) is 7.06. The quantitative estimate of drug-likeness (QED) is 0.770. The molecule has 7 nitrogen and oxygen atoms in total. The first-order chi connectivity index (χ1) is 12.1. The number of methoxy groups -OCH3 is 2. The van der Waals surface area contributed by atoms with E-state index in [0.29, 0.717) is 43.1 Å². The van der Waals surface area contributed by atoms with Crippen molar-refractivity contribution >= 4 is 11.8 Å². The summed E-state index contributed by atoms with van der Waals surface area (Å²) in [7, 11) is 3.10. The lowest BCUT2D eigenvalue weighted by Crippen LogP contribution is -2.49. The largest absolute Gasteiger partial charge is 0.497 e. The Hall–Kier alpha value is -2.28. The van der Waals surface area contributed by atoms with Crippen molar-refractivity contribution in [1.82, 2.24) is 10.2 Å². The van der Waals surface area contributed by atoms with Gasteiger partial charge in [0.05, 0.1) is 19.8 Å². The van der Waals surface area contributed by atoms with E-state index in [1.165, 1.54) is 0 Å². The minimum absolute atomic E-state index is 0.0288. The number of carbonyl (C=O) groups excluding carboxylic acids is 2. The van der Waals surface area contributed by atoms with Crippen LogP contribution in [-0.2, 0) is 4.79 Å². The van der Waals surface area contributed by atoms with Crippen molar-refractivity contribution in [2.24, 2.45) is 5.73 Å². The molecule has 138 valence electrons. The molecule has 3 N–H and O–H groups in total. The molecule has 0 bridgehead atoms. The number of likely N-dealkylation sites (tertiary alicyclic amines) is 1. The van der Waals surface area contributed by atoms with Crippen LogP contribution in [0.3, 0.4) is 0 Å². The fourth-order valence-corrected chi connectivity index (χ4v) is 3.07. The van der Waals surface area contributed by atoms with E-state index < -0.39 is 0 Å². The van der Waals surface area contributed by atoms with Gasteiger partial charge in [-0.2, -0.15) is 0 Å². The SMILES string of the molecule is COc1ccc(OC)c(C(=O)N2CCCCC2CNC(=O)CCN)c1. The van der Waals surface area contributed by atoms with E-state index in [1.807, 2.05) is 4.90 Å². The minimum Gasteiger partial charge on any atom is -0.497 e. The maximum absolute atomic E-state index is 13.1. The second kappa shape index (κ2) is 9.27. The standard InChI is InChI=1S/C18H27N3O4/c1-24-14-6-7-16(25-2)15(11-14)18(23)21-10-4-3-5-13(21)12-20-17(22)8-9-19/h6-7,11,13H,3-5,8-10,12,19H2,1-2H3,(H,20,22). The van der Waals surface area contributed by atoms with E-state index in [1.54, 1.807) is 32.4 Å². The third-order valence-corrected chi connectivity index (χ3v) is 4.43. The smallest absolute Gasteiger partial charge is 0.258 e. The molecule has 1 aliphatic heterocycles. The molecule has 7 heteroatoms. The van der Waals surface area contributed by atoms with Gasteiger partial charge in [-0.1, -0.05) is 0 Å². The lowest BCUT2D eigenvalue weighted by atomic mass is 10.00. The Balaban J connectivity index is 2.16. The zero-order chi connectivity index (χ0) is 18.2. The molecule has 0 spiro atoms. The predicted octanol–water partition coefficient (Wildman–Crippen LogP) is 1.16. The summed E-state index contributed by atoms with van der Waals surface area (Å²) in [4.78, 5) is 26.6. The van der Waals surface area contributed by atoms with Crippen molar-refractivity contribution in [3.05, 3.63) is 23.8 Å². The summed E-state index contributed by atoms with van der Waals surface area (Å²) in [6, 6.07) is 5.16. The van der Waals surface area contributed by atoms with Gasteiger partial charge in [0.25, 0.3) is 5.91 Å². The van der Waals surface area contributed by atoms with Crippen LogP contribution >= 0.6 is 0 Å². The van der Waals surface area contributed by atoms with E-state index in [0.717, 1.165) is 19.3 Å². The average molecular weight is 349 g/mol. The van der Waals surface area contributed by atoms with Crippen LogP contribution in [0.1, 0.15) is 36.0 Å². The van der Waals surface area contributed by atoms with Gasteiger partial charge in [-0.25, -0.2) is 0 Å². The number of piperidine rings is 1. The molecular weight excluding hydrogens is 322 g/mol. The first-order valence-corrected chi connectivity index (χ1v) is 8.60. The van der Waals surface area contributed by atoms with Crippen molar-refractivity contribution in [1.29, 1.82) is 0 Å². The summed E-state index contributed by atoms with van der Waals surface area (Å²) >= 11 is 0. The third kappa shape index (κ3) is 4.85. The number of hydrogen-bond acceptors (Lipinski definition) is 5. The van der Waals surface area contributed by atoms with Crippen molar-refractivity contribution < 1.29 is 19.1 Å². The van der Waals surface area contributed by atoms with Crippen LogP contribution in [0.25, 0.3) is 0 Å². The second-order valence-corrected chi connectivity index (χ2v) is 6.06. The highest BCUT2D eigenvalue weighted by molar-refractivity contribution is 5.97. The Morgan fingerprint density at radius 3 is 2.76 bits per heavy atom. The molecule has 1 unspecified atom stereocenters. The van der Waals surface area contributed by atoms with Gasteiger partial charge in [0.2, 0.25) is 5.91 Å². The molecule has 1 fully saturated rings. The number of benzene rings is 1. The van der Waals surface area contributed by atoms with Gasteiger partial charge in [0.1, 0.15) is 11.5 Å². The molecule has 1 aromatic carbocycles. The van der Waals surface area contributed by atoms with E-state index in [2.05, 4.69) is 5.32 Å². The summed E-state index contributed by atoms with van der Waals surface area (Å²) in [6.07, 6.45) is 3.15. The molecule has 2 amide bonds. The Labute approximate surface area is 148 Å². The van der Waals surface area contributed by atoms with Crippen LogP contribution in [-0.4, -0.2) is 56.6 Å². The van der Waals surface area contributed by atoms with Crippen LogP contribution in [0, 0.1) is 0 Å². The van der Waals surface area contributed by atoms with Gasteiger partial charge < -0.3 is 25.4 Å². The summed E-state index contributed by atoms with van der Waals surface area (Å²) in [5, 5.41) is 2.87. The molecule has 25 heavy (non-hydrogen) atoms. The zero-order valence-electron chi connectivity index (χ0n) is 14.9. The van der Waals surface area contributed by atoms with Crippen LogP contribution in [0.5, 0.6) is 11.5 Å². The summed E-state index contributed by atoms with van der Waals surface area (Å²) in [5.41, 5.74) is 5.87. The predicted molar refractivity (Wildman–Crippen MR) is 94.9 cm³/mol. The third-order valence-electron chi connectivity index (χ3n) is 4.43. The highest BCUT2D eigenvalue weighted by Gasteiger charge is 2.29. The number of carbonyl (C=O) groups is 2. The van der Waals surface area contributed by atoms with E-state index in [9.17, 15) is 9.59 Å². The molecule has 1 atom stereocenters. The van der Waals surface area contributed by atoms with Crippen LogP contribution in [0.4, 0.5) is 0 Å². The van der Waals surface area contributed by atoms with E-state index in [-0.39, 0.29) is 17.9 Å². The fourth-order valence-electron chi connectivity index (χ4n) is 3.07. The highest BCUT2D eigenvalue weighted by atomic mass is 16.5. The van der Waals surface area contributed by atoms with Gasteiger partial charge in [-0.05, 0) is 37.5 Å². The Morgan fingerprint density at radius 1 is 1.28 bits per heavy atom. The highest BCUT2D eigenvalue weighted by Crippen LogP contribution is 2.28. The van der Waals surface area contributed by atoms with Crippen LogP contribution < -0.4 is 20.5 Å². The monoisotopic (exact) mass is 349 g/mol. The maximum atomic E-state index is 13.1. The zero-order valence-corrected chi connectivity index (χ0v) is 14.9. The van der Waals surface area contributed by atoms with Crippen LogP contribution in [0.2, 0.25) is 0 Å². The lowest BCUT2D eigenvalue weighted by Gasteiger charge is -2.36. The Morgan fingerprint density at radius 2 is 2.08 bits per heavy atom. The number of nitrogens with zero attached hydrogens (tertiary/aromatic N) is 1. The lowest BCUT2D eigenvalue weighted by molar-refractivity contribution is -0.121.